The molecule has 0 saturated heterocycles. The summed E-state index contributed by atoms with van der Waals surface area (Å²) in [5.74, 6) is 0. The van der Waals surface area contributed by atoms with Crippen molar-refractivity contribution in [2.24, 2.45) is 0 Å². The molecule has 1 aromatic carbocycles. The number of ether oxygens (including phenoxy) is 1. The van der Waals surface area contributed by atoms with Crippen LogP contribution in [0.2, 0.25) is 5.02 Å². The Morgan fingerprint density at radius 1 is 1.44 bits per heavy atom. The summed E-state index contributed by atoms with van der Waals surface area (Å²) in [6, 6.07) is 4.45. The van der Waals surface area contributed by atoms with Crippen LogP contribution in [0.5, 0.6) is 0 Å². The highest BCUT2D eigenvalue weighted by molar-refractivity contribution is 7.89. The molecular formula is C10H13ClN2O4S. The molecule has 0 aliphatic rings. The first-order chi connectivity index (χ1) is 8.36. The van der Waals surface area contributed by atoms with E-state index in [9.17, 15) is 13.2 Å². The van der Waals surface area contributed by atoms with Crippen LogP contribution in [-0.2, 0) is 14.8 Å². The van der Waals surface area contributed by atoms with E-state index >= 15 is 0 Å². The second kappa shape index (κ2) is 6.03. The lowest BCUT2D eigenvalue weighted by Crippen LogP contribution is -2.42. The molecule has 0 saturated carbocycles. The molecule has 1 aromatic rings. The number of nitrogens with one attached hydrogen (secondary N) is 2. The topological polar surface area (TPSA) is 84.5 Å². The number of amides is 1. The number of hydrazine groups is 1. The van der Waals surface area contributed by atoms with Crippen LogP contribution in [-0.4, -0.2) is 21.1 Å². The van der Waals surface area contributed by atoms with E-state index in [1.165, 1.54) is 6.07 Å². The fourth-order valence-electron chi connectivity index (χ4n) is 1.19. The molecule has 0 bridgehead atoms. The van der Waals surface area contributed by atoms with Gasteiger partial charge in [-0.15, -0.1) is 4.83 Å². The quantitative estimate of drug-likeness (QED) is 0.825. The lowest BCUT2D eigenvalue weighted by molar-refractivity contribution is 0.150. The Bertz CT molecular complexity index is 545. The summed E-state index contributed by atoms with van der Waals surface area (Å²) in [5.41, 5.74) is 2.44. The summed E-state index contributed by atoms with van der Waals surface area (Å²) in [4.78, 5) is 12.9. The Labute approximate surface area is 110 Å². The highest BCUT2D eigenvalue weighted by Crippen LogP contribution is 2.19. The van der Waals surface area contributed by atoms with Gasteiger partial charge in [0.2, 0.25) is 0 Å². The SMILES string of the molecule is CCOC(=O)NNS(=O)(=O)c1cc(Cl)ccc1C. The normalized spacial score (nSPS) is 11.1. The van der Waals surface area contributed by atoms with E-state index < -0.39 is 16.1 Å². The zero-order valence-electron chi connectivity index (χ0n) is 9.86. The van der Waals surface area contributed by atoms with Crippen LogP contribution in [0.4, 0.5) is 4.79 Å². The molecule has 1 rings (SSSR count). The van der Waals surface area contributed by atoms with E-state index in [-0.39, 0.29) is 16.5 Å². The number of hydrogen-bond acceptors (Lipinski definition) is 4. The third-order valence-corrected chi connectivity index (χ3v) is 3.63. The van der Waals surface area contributed by atoms with Crippen molar-refractivity contribution >= 4 is 27.7 Å². The first-order valence-corrected chi connectivity index (χ1v) is 6.93. The van der Waals surface area contributed by atoms with Gasteiger partial charge in [0.25, 0.3) is 10.0 Å². The molecule has 8 heteroatoms. The van der Waals surface area contributed by atoms with E-state index in [1.54, 1.807) is 26.0 Å². The standard InChI is InChI=1S/C10H13ClN2O4S/c1-3-17-10(14)12-13-18(15,16)9-6-8(11)5-4-7(9)2/h4-6,13H,3H2,1-2H3,(H,12,14). The first-order valence-electron chi connectivity index (χ1n) is 5.07. The molecule has 0 aromatic heterocycles. The van der Waals surface area contributed by atoms with Gasteiger partial charge in [0.05, 0.1) is 11.5 Å². The summed E-state index contributed by atoms with van der Waals surface area (Å²) in [5, 5.41) is 0.289. The fourth-order valence-corrected chi connectivity index (χ4v) is 2.53. The molecule has 0 spiro atoms. The number of sulfonamides is 1. The molecule has 0 aliphatic carbocycles. The summed E-state index contributed by atoms with van der Waals surface area (Å²) < 4.78 is 28.3. The van der Waals surface area contributed by atoms with Gasteiger partial charge in [-0.25, -0.2) is 18.6 Å². The Hall–Kier alpha value is -1.31. The van der Waals surface area contributed by atoms with Crippen molar-refractivity contribution in [3.8, 4) is 0 Å². The molecule has 0 atom stereocenters. The smallest absolute Gasteiger partial charge is 0.422 e. The Balaban J connectivity index is 2.87. The molecule has 100 valence electrons. The largest absolute Gasteiger partial charge is 0.449 e. The van der Waals surface area contributed by atoms with Crippen molar-refractivity contribution in [1.82, 2.24) is 10.3 Å². The number of benzene rings is 1. The zero-order valence-corrected chi connectivity index (χ0v) is 11.4. The van der Waals surface area contributed by atoms with Crippen molar-refractivity contribution in [2.45, 2.75) is 18.7 Å². The number of rotatable bonds is 4. The van der Waals surface area contributed by atoms with Crippen molar-refractivity contribution in [1.29, 1.82) is 0 Å². The molecule has 0 fully saturated rings. The van der Waals surface area contributed by atoms with Crippen LogP contribution in [0.25, 0.3) is 0 Å². The van der Waals surface area contributed by atoms with E-state index in [1.807, 2.05) is 10.3 Å². The van der Waals surface area contributed by atoms with Gasteiger partial charge in [0, 0.05) is 5.02 Å². The van der Waals surface area contributed by atoms with Crippen molar-refractivity contribution in [3.63, 3.8) is 0 Å². The van der Waals surface area contributed by atoms with Crippen LogP contribution >= 0.6 is 11.6 Å². The lowest BCUT2D eigenvalue weighted by atomic mass is 10.2. The van der Waals surface area contributed by atoms with E-state index in [2.05, 4.69) is 4.74 Å². The van der Waals surface area contributed by atoms with Crippen LogP contribution in [0.15, 0.2) is 23.1 Å². The Morgan fingerprint density at radius 2 is 2.11 bits per heavy atom. The third kappa shape index (κ3) is 3.86. The maximum Gasteiger partial charge on any atom is 0.422 e. The molecular weight excluding hydrogens is 280 g/mol. The van der Waals surface area contributed by atoms with Gasteiger partial charge in [-0.1, -0.05) is 17.7 Å². The van der Waals surface area contributed by atoms with E-state index in [0.717, 1.165) is 0 Å². The number of halogens is 1. The molecule has 0 aliphatic heterocycles. The predicted octanol–water partition coefficient (Wildman–Crippen LogP) is 1.59. The minimum Gasteiger partial charge on any atom is -0.449 e. The molecule has 6 nitrogen and oxygen atoms in total. The van der Waals surface area contributed by atoms with Crippen LogP contribution in [0, 0.1) is 6.92 Å². The van der Waals surface area contributed by atoms with Crippen LogP contribution in [0.1, 0.15) is 12.5 Å². The molecule has 0 heterocycles. The molecule has 0 radical (unpaired) electrons. The van der Waals surface area contributed by atoms with Gasteiger partial charge in [-0.05, 0) is 31.5 Å². The predicted molar refractivity (Wildman–Crippen MR) is 66.7 cm³/mol. The summed E-state index contributed by atoms with van der Waals surface area (Å²) >= 11 is 5.73. The minimum absolute atomic E-state index is 0.00759. The van der Waals surface area contributed by atoms with E-state index in [4.69, 9.17) is 11.6 Å². The first kappa shape index (κ1) is 14.7. The highest BCUT2D eigenvalue weighted by atomic mass is 35.5. The molecule has 1 amide bonds. The van der Waals surface area contributed by atoms with Crippen LogP contribution in [0.3, 0.4) is 0 Å². The average molecular weight is 293 g/mol. The van der Waals surface area contributed by atoms with Crippen LogP contribution < -0.4 is 10.3 Å². The average Bonchev–Trinajstić information content (AvgIpc) is 2.30. The highest BCUT2D eigenvalue weighted by Gasteiger charge is 2.18. The summed E-state index contributed by atoms with van der Waals surface area (Å²) in [7, 11) is -3.87. The molecule has 18 heavy (non-hydrogen) atoms. The minimum atomic E-state index is -3.87. The number of carbonyl (C=O) groups excluding carboxylic acids is 1. The molecule has 2 N–H and O–H groups in total. The number of carbonyl (C=O) groups is 1. The van der Waals surface area contributed by atoms with Crippen molar-refractivity contribution in [3.05, 3.63) is 28.8 Å². The maximum atomic E-state index is 11.9. The fraction of sp³-hybridized carbons (Fsp3) is 0.300. The second-order valence-corrected chi connectivity index (χ2v) is 5.45. The van der Waals surface area contributed by atoms with Crippen molar-refractivity contribution < 1.29 is 17.9 Å². The van der Waals surface area contributed by atoms with Gasteiger partial charge in [-0.3, -0.25) is 0 Å². The Morgan fingerprint density at radius 3 is 2.72 bits per heavy atom. The second-order valence-electron chi connectivity index (χ2n) is 3.36. The maximum absolute atomic E-state index is 11.9. The van der Waals surface area contributed by atoms with E-state index in [0.29, 0.717) is 5.56 Å². The van der Waals surface area contributed by atoms with Gasteiger partial charge >= 0.3 is 6.09 Å². The van der Waals surface area contributed by atoms with Crippen molar-refractivity contribution in [2.75, 3.05) is 6.61 Å². The van der Waals surface area contributed by atoms with Gasteiger partial charge in [0.15, 0.2) is 0 Å². The molecule has 0 unspecified atom stereocenters. The lowest BCUT2D eigenvalue weighted by Gasteiger charge is -2.10. The summed E-state index contributed by atoms with van der Waals surface area (Å²) in [6.07, 6.45) is -0.874. The Kier molecular flexibility index (Phi) is 4.94. The van der Waals surface area contributed by atoms with Gasteiger partial charge < -0.3 is 4.74 Å². The summed E-state index contributed by atoms with van der Waals surface area (Å²) in [6.45, 7) is 3.37. The van der Waals surface area contributed by atoms with Gasteiger partial charge in [-0.2, -0.15) is 0 Å². The zero-order chi connectivity index (χ0) is 13.8. The van der Waals surface area contributed by atoms with Gasteiger partial charge in [0.1, 0.15) is 0 Å². The third-order valence-electron chi connectivity index (χ3n) is 2.00. The number of hydrogen-bond donors (Lipinski definition) is 2. The number of aryl methyl sites for hydroxylation is 1. The monoisotopic (exact) mass is 292 g/mol.